The van der Waals surface area contributed by atoms with Gasteiger partial charge in [0.2, 0.25) is 5.82 Å². The molecule has 0 saturated heterocycles. The standard InChI is InChI=1S/C20H21BrN3O/c1-3-19-22-23(14-18(25)15-10-12-16(21)13-11-15)20(4-2)24(19)17-8-6-5-7-9-17/h5-13H,3-4,14H2,1-2H3/q+1. The normalized spacial score (nSPS) is 10.8. The van der Waals surface area contributed by atoms with Gasteiger partial charge in [0.15, 0.2) is 12.3 Å². The number of halogens is 1. The van der Waals surface area contributed by atoms with Gasteiger partial charge in [0.25, 0.3) is 5.82 Å². The summed E-state index contributed by atoms with van der Waals surface area (Å²) in [5, 5.41) is 4.71. The highest BCUT2D eigenvalue weighted by atomic mass is 79.9. The molecule has 5 heteroatoms. The van der Waals surface area contributed by atoms with Gasteiger partial charge in [-0.2, -0.15) is 4.57 Å². The number of aryl methyl sites for hydroxylation is 1. The minimum absolute atomic E-state index is 0.0626. The predicted molar refractivity (Wildman–Crippen MR) is 101 cm³/mol. The summed E-state index contributed by atoms with van der Waals surface area (Å²) in [5.41, 5.74) is 1.78. The third-order valence-corrected chi connectivity index (χ3v) is 4.69. The lowest BCUT2D eigenvalue weighted by Gasteiger charge is -2.03. The summed E-state index contributed by atoms with van der Waals surface area (Å²) in [6.45, 7) is 4.43. The van der Waals surface area contributed by atoms with Crippen molar-refractivity contribution in [2.75, 3.05) is 0 Å². The van der Waals surface area contributed by atoms with Crippen LogP contribution in [0.15, 0.2) is 59.1 Å². The molecule has 0 bridgehead atoms. The van der Waals surface area contributed by atoms with E-state index in [0.717, 1.165) is 34.7 Å². The number of hydrogen-bond acceptors (Lipinski definition) is 2. The molecule has 1 aromatic heterocycles. The minimum Gasteiger partial charge on any atom is -0.290 e. The van der Waals surface area contributed by atoms with Crippen molar-refractivity contribution in [2.24, 2.45) is 0 Å². The number of aromatic nitrogens is 3. The molecular weight excluding hydrogens is 378 g/mol. The first-order chi connectivity index (χ1) is 12.1. The number of rotatable bonds is 6. The average Bonchev–Trinajstić information content (AvgIpc) is 3.00. The van der Waals surface area contributed by atoms with Crippen LogP contribution >= 0.6 is 15.9 Å². The van der Waals surface area contributed by atoms with Crippen LogP contribution in [-0.4, -0.2) is 15.6 Å². The molecular formula is C20H21BrN3O+. The van der Waals surface area contributed by atoms with Gasteiger partial charge in [0, 0.05) is 28.0 Å². The van der Waals surface area contributed by atoms with Gasteiger partial charge >= 0.3 is 0 Å². The van der Waals surface area contributed by atoms with Crippen LogP contribution in [0, 0.1) is 0 Å². The topological polar surface area (TPSA) is 38.8 Å². The lowest BCUT2D eigenvalue weighted by atomic mass is 10.1. The van der Waals surface area contributed by atoms with Gasteiger partial charge in [-0.25, -0.2) is 0 Å². The van der Waals surface area contributed by atoms with Gasteiger partial charge in [0.05, 0.1) is 0 Å². The van der Waals surface area contributed by atoms with Crippen LogP contribution in [0.1, 0.15) is 35.9 Å². The van der Waals surface area contributed by atoms with E-state index < -0.39 is 0 Å². The second-order valence-electron chi connectivity index (χ2n) is 5.80. The van der Waals surface area contributed by atoms with E-state index in [4.69, 9.17) is 5.10 Å². The van der Waals surface area contributed by atoms with Gasteiger partial charge in [-0.3, -0.25) is 4.79 Å². The maximum Gasteiger partial charge on any atom is 0.282 e. The summed E-state index contributed by atoms with van der Waals surface area (Å²) < 4.78 is 4.97. The van der Waals surface area contributed by atoms with Gasteiger partial charge in [0.1, 0.15) is 5.69 Å². The molecule has 0 N–H and O–H groups in total. The van der Waals surface area contributed by atoms with Crippen LogP contribution in [0.5, 0.6) is 0 Å². The van der Waals surface area contributed by atoms with E-state index in [2.05, 4.69) is 46.5 Å². The number of ketones is 1. The molecule has 0 aliphatic carbocycles. The smallest absolute Gasteiger partial charge is 0.282 e. The molecule has 0 radical (unpaired) electrons. The fourth-order valence-electron chi connectivity index (χ4n) is 2.94. The van der Waals surface area contributed by atoms with E-state index in [0.29, 0.717) is 5.56 Å². The Morgan fingerprint density at radius 1 is 1.04 bits per heavy atom. The second-order valence-corrected chi connectivity index (χ2v) is 6.71. The molecule has 0 saturated carbocycles. The van der Waals surface area contributed by atoms with E-state index in [9.17, 15) is 4.79 Å². The molecule has 0 atom stereocenters. The number of hydrogen-bond donors (Lipinski definition) is 0. The average molecular weight is 399 g/mol. The lowest BCUT2D eigenvalue weighted by Crippen LogP contribution is -2.38. The Balaban J connectivity index is 1.98. The van der Waals surface area contributed by atoms with Crippen molar-refractivity contribution in [3.63, 3.8) is 0 Å². The lowest BCUT2D eigenvalue weighted by molar-refractivity contribution is -0.613. The van der Waals surface area contributed by atoms with Crippen molar-refractivity contribution >= 4 is 21.7 Å². The van der Waals surface area contributed by atoms with E-state index in [1.54, 1.807) is 0 Å². The van der Waals surface area contributed by atoms with Gasteiger partial charge < -0.3 is 0 Å². The third kappa shape index (κ3) is 3.71. The molecule has 25 heavy (non-hydrogen) atoms. The maximum absolute atomic E-state index is 12.7. The zero-order chi connectivity index (χ0) is 17.8. The van der Waals surface area contributed by atoms with Crippen molar-refractivity contribution in [3.05, 3.63) is 76.3 Å². The highest BCUT2D eigenvalue weighted by molar-refractivity contribution is 9.10. The number of benzene rings is 2. The number of para-hydroxylation sites is 1. The van der Waals surface area contributed by atoms with Crippen LogP contribution in [0.2, 0.25) is 0 Å². The van der Waals surface area contributed by atoms with Crippen LogP contribution in [0.3, 0.4) is 0 Å². The monoisotopic (exact) mass is 398 g/mol. The number of nitrogens with zero attached hydrogens (tertiary/aromatic N) is 3. The van der Waals surface area contributed by atoms with E-state index >= 15 is 0 Å². The summed E-state index contributed by atoms with van der Waals surface area (Å²) in [5.74, 6) is 2.06. The largest absolute Gasteiger partial charge is 0.290 e. The molecule has 0 fully saturated rings. The SMILES string of the molecule is CCc1nn(CC(=O)c2ccc(Br)cc2)c(CC)[n+]1-c1ccccc1. The van der Waals surface area contributed by atoms with Crippen LogP contribution in [-0.2, 0) is 19.4 Å². The highest BCUT2D eigenvalue weighted by Crippen LogP contribution is 2.13. The molecule has 3 aromatic rings. The zero-order valence-electron chi connectivity index (χ0n) is 14.4. The Labute approximate surface area is 156 Å². The minimum atomic E-state index is 0.0626. The van der Waals surface area contributed by atoms with Crippen LogP contribution < -0.4 is 4.57 Å². The molecule has 1 heterocycles. The highest BCUT2D eigenvalue weighted by Gasteiger charge is 2.26. The third-order valence-electron chi connectivity index (χ3n) is 4.16. The Kier molecular flexibility index (Phi) is 5.43. The number of Topliss-reactive ketones (excluding diaryl/α,β-unsaturated/α-hetero) is 1. The van der Waals surface area contributed by atoms with Gasteiger partial charge in [-0.1, -0.05) is 60.1 Å². The van der Waals surface area contributed by atoms with E-state index in [-0.39, 0.29) is 12.3 Å². The predicted octanol–water partition coefficient (Wildman–Crippen LogP) is 3.93. The molecule has 0 aliphatic heterocycles. The fourth-order valence-corrected chi connectivity index (χ4v) is 3.20. The van der Waals surface area contributed by atoms with Crippen molar-refractivity contribution in [2.45, 2.75) is 33.2 Å². The Hall–Kier alpha value is -2.27. The molecule has 128 valence electrons. The Morgan fingerprint density at radius 3 is 2.32 bits per heavy atom. The number of carbonyl (C=O) groups excluding carboxylic acids is 1. The van der Waals surface area contributed by atoms with Crippen LogP contribution in [0.4, 0.5) is 0 Å². The molecule has 0 spiro atoms. The molecule has 0 aliphatic rings. The summed E-state index contributed by atoms with van der Waals surface area (Å²) in [6.07, 6.45) is 1.61. The Bertz CT molecular complexity index is 870. The van der Waals surface area contributed by atoms with Gasteiger partial charge in [-0.15, -0.1) is 4.68 Å². The first-order valence-electron chi connectivity index (χ1n) is 8.48. The van der Waals surface area contributed by atoms with Crippen molar-refractivity contribution < 1.29 is 9.36 Å². The van der Waals surface area contributed by atoms with E-state index in [1.165, 1.54) is 0 Å². The summed E-state index contributed by atoms with van der Waals surface area (Å²) in [6, 6.07) is 17.6. The van der Waals surface area contributed by atoms with Crippen molar-refractivity contribution in [1.29, 1.82) is 0 Å². The second kappa shape index (κ2) is 7.74. The molecule has 3 rings (SSSR count). The molecule has 2 aromatic carbocycles. The Morgan fingerprint density at radius 2 is 1.72 bits per heavy atom. The molecule has 0 amide bonds. The van der Waals surface area contributed by atoms with Gasteiger partial charge in [-0.05, 0) is 24.3 Å². The summed E-state index contributed by atoms with van der Waals surface area (Å²) >= 11 is 3.40. The molecule has 4 nitrogen and oxygen atoms in total. The number of carbonyl (C=O) groups is 1. The fraction of sp³-hybridized carbons (Fsp3) is 0.250. The summed E-state index contributed by atoms with van der Waals surface area (Å²) in [7, 11) is 0. The van der Waals surface area contributed by atoms with Crippen molar-refractivity contribution in [3.8, 4) is 5.69 Å². The first kappa shape index (κ1) is 17.5. The molecule has 0 unspecified atom stereocenters. The van der Waals surface area contributed by atoms with Crippen LogP contribution in [0.25, 0.3) is 5.69 Å². The first-order valence-corrected chi connectivity index (χ1v) is 9.28. The maximum atomic E-state index is 12.7. The van der Waals surface area contributed by atoms with Crippen molar-refractivity contribution in [1.82, 2.24) is 9.78 Å². The zero-order valence-corrected chi connectivity index (χ0v) is 16.0. The van der Waals surface area contributed by atoms with E-state index in [1.807, 2.05) is 47.1 Å². The summed E-state index contributed by atoms with van der Waals surface area (Å²) in [4.78, 5) is 12.7. The quantitative estimate of drug-likeness (QED) is 0.466.